The zero-order chi connectivity index (χ0) is 15.1. The molecule has 20 heavy (non-hydrogen) atoms. The van der Waals surface area contributed by atoms with Gasteiger partial charge in [-0.2, -0.15) is 0 Å². The summed E-state index contributed by atoms with van der Waals surface area (Å²) in [6, 6.07) is 3.57. The Labute approximate surface area is 123 Å². The van der Waals surface area contributed by atoms with Gasteiger partial charge in [-0.05, 0) is 41.1 Å². The van der Waals surface area contributed by atoms with E-state index in [4.69, 9.17) is 5.11 Å². The van der Waals surface area contributed by atoms with Crippen LogP contribution in [0.25, 0.3) is 0 Å². The summed E-state index contributed by atoms with van der Waals surface area (Å²) >= 11 is 3.15. The number of anilines is 1. The maximum atomic E-state index is 11.5. The first kappa shape index (κ1) is 16.0. The lowest BCUT2D eigenvalue weighted by molar-refractivity contribution is -0.141. The molecule has 0 heterocycles. The van der Waals surface area contributed by atoms with Crippen LogP contribution in [0.1, 0.15) is 17.3 Å². The average Bonchev–Trinajstić information content (AvgIpc) is 2.39. The van der Waals surface area contributed by atoms with Gasteiger partial charge in [0.2, 0.25) is 0 Å². The summed E-state index contributed by atoms with van der Waals surface area (Å²) in [6.07, 6.45) is 0. The summed E-state index contributed by atoms with van der Waals surface area (Å²) < 4.78 is 5.07. The summed E-state index contributed by atoms with van der Waals surface area (Å²) in [5.41, 5.74) is 0.478. The first-order valence-corrected chi connectivity index (χ1v) is 6.46. The lowest BCUT2D eigenvalue weighted by atomic mass is 10.2. The van der Waals surface area contributed by atoms with Crippen molar-refractivity contribution in [2.24, 2.45) is 0 Å². The Balaban J connectivity index is 2.58. The molecule has 108 valence electrons. The van der Waals surface area contributed by atoms with Gasteiger partial charge in [-0.3, -0.25) is 4.79 Å². The quantitative estimate of drug-likeness (QED) is 0.706. The van der Waals surface area contributed by atoms with Crippen molar-refractivity contribution >= 4 is 39.6 Å². The molecule has 0 aliphatic rings. The van der Waals surface area contributed by atoms with Crippen LogP contribution >= 0.6 is 15.9 Å². The van der Waals surface area contributed by atoms with Crippen molar-refractivity contribution in [2.45, 2.75) is 6.92 Å². The molecular weight excluding hydrogens is 332 g/mol. The van der Waals surface area contributed by atoms with Gasteiger partial charge in [0.05, 0.1) is 17.9 Å². The van der Waals surface area contributed by atoms with Crippen molar-refractivity contribution in [3.8, 4) is 0 Å². The highest BCUT2D eigenvalue weighted by molar-refractivity contribution is 9.10. The highest BCUT2D eigenvalue weighted by Gasteiger charge is 2.10. The maximum Gasteiger partial charge on any atom is 0.335 e. The number of carbonyl (C=O) groups excluding carboxylic acids is 2. The number of carboxylic acids is 1. The zero-order valence-electron chi connectivity index (χ0n) is 10.6. The summed E-state index contributed by atoms with van der Waals surface area (Å²) in [6.45, 7) is 1.66. The van der Waals surface area contributed by atoms with E-state index in [1.165, 1.54) is 18.2 Å². The molecular formula is C12H13BrN2O5. The van der Waals surface area contributed by atoms with Crippen molar-refractivity contribution in [1.29, 1.82) is 0 Å². The monoisotopic (exact) mass is 344 g/mol. The molecule has 0 aromatic heterocycles. The molecule has 0 spiro atoms. The van der Waals surface area contributed by atoms with E-state index in [0.717, 1.165) is 0 Å². The van der Waals surface area contributed by atoms with Gasteiger partial charge in [0, 0.05) is 4.47 Å². The molecule has 0 radical (unpaired) electrons. The van der Waals surface area contributed by atoms with Gasteiger partial charge in [0.25, 0.3) is 0 Å². The van der Waals surface area contributed by atoms with E-state index in [2.05, 4.69) is 31.3 Å². The molecule has 3 N–H and O–H groups in total. The van der Waals surface area contributed by atoms with Crippen molar-refractivity contribution < 1.29 is 24.2 Å². The first-order valence-electron chi connectivity index (χ1n) is 5.67. The second-order valence-corrected chi connectivity index (χ2v) is 4.47. The number of ether oxygens (including phenoxy) is 1. The van der Waals surface area contributed by atoms with Crippen molar-refractivity contribution in [3.05, 3.63) is 28.2 Å². The number of hydrogen-bond acceptors (Lipinski definition) is 4. The second-order valence-electron chi connectivity index (χ2n) is 3.61. The highest BCUT2D eigenvalue weighted by atomic mass is 79.9. The number of halogens is 1. The Morgan fingerprint density at radius 3 is 2.60 bits per heavy atom. The van der Waals surface area contributed by atoms with E-state index in [0.29, 0.717) is 10.2 Å². The van der Waals surface area contributed by atoms with E-state index < -0.39 is 18.0 Å². The van der Waals surface area contributed by atoms with Crippen molar-refractivity contribution in [1.82, 2.24) is 5.32 Å². The molecule has 1 rings (SSSR count). The fraction of sp³-hybridized carbons (Fsp3) is 0.250. The number of nitrogens with one attached hydrogen (secondary N) is 2. The number of benzene rings is 1. The maximum absolute atomic E-state index is 11.5. The van der Waals surface area contributed by atoms with E-state index in [1.807, 2.05) is 0 Å². The Morgan fingerprint density at radius 1 is 1.35 bits per heavy atom. The fourth-order valence-corrected chi connectivity index (χ4v) is 1.76. The number of amides is 2. The van der Waals surface area contributed by atoms with Gasteiger partial charge in [0.1, 0.15) is 6.54 Å². The Bertz CT molecular complexity index is 533. The summed E-state index contributed by atoms with van der Waals surface area (Å²) in [4.78, 5) is 33.3. The van der Waals surface area contributed by atoms with Gasteiger partial charge < -0.3 is 20.5 Å². The van der Waals surface area contributed by atoms with Crippen LogP contribution in [0, 0.1) is 0 Å². The topological polar surface area (TPSA) is 105 Å². The van der Waals surface area contributed by atoms with Gasteiger partial charge in [-0.15, -0.1) is 0 Å². The molecule has 2 amide bonds. The van der Waals surface area contributed by atoms with Crippen molar-refractivity contribution in [3.63, 3.8) is 0 Å². The van der Waals surface area contributed by atoms with Gasteiger partial charge in [0.15, 0.2) is 0 Å². The third kappa shape index (κ3) is 4.88. The number of hydrogen-bond donors (Lipinski definition) is 3. The molecule has 0 fully saturated rings. The predicted octanol–water partition coefficient (Wildman–Crippen LogP) is 1.83. The van der Waals surface area contributed by atoms with E-state index in [1.54, 1.807) is 6.92 Å². The number of carboxylic acid groups (broad SMARTS) is 1. The van der Waals surface area contributed by atoms with Crippen LogP contribution in [0.15, 0.2) is 22.7 Å². The Kier molecular flexibility index (Phi) is 5.98. The van der Waals surface area contributed by atoms with Crippen LogP contribution in [0.2, 0.25) is 0 Å². The van der Waals surface area contributed by atoms with Crippen LogP contribution in [0.4, 0.5) is 10.5 Å². The van der Waals surface area contributed by atoms with Crippen LogP contribution in [-0.2, 0) is 9.53 Å². The molecule has 0 aliphatic heterocycles. The van der Waals surface area contributed by atoms with Crippen LogP contribution in [0.3, 0.4) is 0 Å². The first-order chi connectivity index (χ1) is 9.43. The molecule has 0 saturated heterocycles. The minimum atomic E-state index is -1.07. The minimum absolute atomic E-state index is 0.0920. The number of rotatable bonds is 5. The smallest absolute Gasteiger partial charge is 0.335 e. The van der Waals surface area contributed by atoms with Crippen LogP contribution < -0.4 is 10.6 Å². The van der Waals surface area contributed by atoms with Gasteiger partial charge in [-0.25, -0.2) is 9.59 Å². The van der Waals surface area contributed by atoms with Gasteiger partial charge >= 0.3 is 18.0 Å². The molecule has 0 saturated carbocycles. The summed E-state index contributed by atoms with van der Waals surface area (Å²) in [5.74, 6) is -1.60. The normalized spacial score (nSPS) is 9.70. The average molecular weight is 345 g/mol. The predicted molar refractivity (Wildman–Crippen MR) is 74.8 cm³/mol. The van der Waals surface area contributed by atoms with Crippen LogP contribution in [-0.4, -0.2) is 36.2 Å². The van der Waals surface area contributed by atoms with Gasteiger partial charge in [-0.1, -0.05) is 0 Å². The molecule has 7 nitrogen and oxygen atoms in total. The molecule has 0 bridgehead atoms. The molecule has 8 heteroatoms. The third-order valence-electron chi connectivity index (χ3n) is 2.16. The lowest BCUT2D eigenvalue weighted by Crippen LogP contribution is -2.34. The minimum Gasteiger partial charge on any atom is -0.478 e. The molecule has 0 aliphatic carbocycles. The number of carbonyl (C=O) groups is 3. The molecule has 1 aromatic rings. The molecule has 0 atom stereocenters. The van der Waals surface area contributed by atoms with E-state index >= 15 is 0 Å². The van der Waals surface area contributed by atoms with E-state index in [9.17, 15) is 14.4 Å². The third-order valence-corrected chi connectivity index (χ3v) is 2.82. The lowest BCUT2D eigenvalue weighted by Gasteiger charge is -2.09. The highest BCUT2D eigenvalue weighted by Crippen LogP contribution is 2.23. The molecule has 1 aromatic carbocycles. The number of aromatic carboxylic acids is 1. The van der Waals surface area contributed by atoms with Crippen molar-refractivity contribution in [2.75, 3.05) is 18.5 Å². The number of urea groups is 1. The zero-order valence-corrected chi connectivity index (χ0v) is 12.2. The van der Waals surface area contributed by atoms with Crippen LogP contribution in [0.5, 0.6) is 0 Å². The molecule has 0 unspecified atom stereocenters. The Morgan fingerprint density at radius 2 is 2.05 bits per heavy atom. The fourth-order valence-electron chi connectivity index (χ4n) is 1.28. The largest absolute Gasteiger partial charge is 0.478 e. The standard InChI is InChI=1S/C12H13BrN2O5/c1-2-20-10(16)6-14-12(19)15-9-4-3-7(11(17)18)5-8(9)13/h3-5H,2,6H2,1H3,(H,17,18)(H2,14,15,19). The Hall–Kier alpha value is -2.09. The number of esters is 1. The van der Waals surface area contributed by atoms with E-state index in [-0.39, 0.29) is 18.7 Å². The second kappa shape index (κ2) is 7.49. The summed E-state index contributed by atoms with van der Waals surface area (Å²) in [7, 11) is 0. The SMILES string of the molecule is CCOC(=O)CNC(=O)Nc1ccc(C(=O)O)cc1Br. The summed E-state index contributed by atoms with van der Waals surface area (Å²) in [5, 5.41) is 13.6.